The quantitative estimate of drug-likeness (QED) is 0.613. The van der Waals surface area contributed by atoms with Gasteiger partial charge in [0.15, 0.2) is 5.69 Å². The molecule has 0 radical (unpaired) electrons. The number of benzene rings is 1. The first-order chi connectivity index (χ1) is 13.6. The van der Waals surface area contributed by atoms with Crippen molar-refractivity contribution < 1.29 is 14.0 Å². The van der Waals surface area contributed by atoms with Crippen molar-refractivity contribution in [1.29, 1.82) is 0 Å². The second-order valence-electron chi connectivity index (χ2n) is 7.00. The maximum absolute atomic E-state index is 12.4. The van der Waals surface area contributed by atoms with E-state index in [1.807, 2.05) is 19.1 Å². The lowest BCUT2D eigenvalue weighted by Crippen LogP contribution is -2.25. The van der Waals surface area contributed by atoms with Crippen molar-refractivity contribution in [2.75, 3.05) is 13.2 Å². The molecule has 2 amide bonds. The molecule has 1 aliphatic carbocycles. The third kappa shape index (κ3) is 5.15. The van der Waals surface area contributed by atoms with Crippen LogP contribution in [0.4, 0.5) is 4.39 Å². The topological polar surface area (TPSA) is 88.9 Å². The van der Waals surface area contributed by atoms with Gasteiger partial charge in [-0.1, -0.05) is 11.6 Å². The molecule has 0 aliphatic heterocycles. The molecular weight excluding hydrogens is 361 g/mol. The van der Waals surface area contributed by atoms with Crippen LogP contribution in [0.15, 0.2) is 24.4 Å². The molecule has 1 aromatic carbocycles. The number of amides is 2. The molecule has 3 rings (SSSR count). The SMILES string of the molecule is CCNC(=O)c1ccc(-n2cc(C(=O)NC3CC3)nn2)c(CCCCCF)c1. The van der Waals surface area contributed by atoms with E-state index in [4.69, 9.17) is 0 Å². The van der Waals surface area contributed by atoms with Gasteiger partial charge in [0.05, 0.1) is 18.6 Å². The molecule has 0 bridgehead atoms. The lowest BCUT2D eigenvalue weighted by Gasteiger charge is -2.11. The minimum absolute atomic E-state index is 0.137. The van der Waals surface area contributed by atoms with Crippen LogP contribution in [-0.2, 0) is 6.42 Å². The van der Waals surface area contributed by atoms with E-state index < -0.39 is 0 Å². The molecule has 0 atom stereocenters. The van der Waals surface area contributed by atoms with Crippen LogP contribution in [0.25, 0.3) is 5.69 Å². The van der Waals surface area contributed by atoms with Crippen molar-refractivity contribution in [3.05, 3.63) is 41.2 Å². The number of halogens is 1. The van der Waals surface area contributed by atoms with Crippen LogP contribution in [0.1, 0.15) is 65.4 Å². The predicted octanol–water partition coefficient (Wildman–Crippen LogP) is 2.59. The van der Waals surface area contributed by atoms with Crippen molar-refractivity contribution in [2.45, 2.75) is 51.5 Å². The maximum atomic E-state index is 12.4. The Morgan fingerprint density at radius 2 is 2.04 bits per heavy atom. The highest BCUT2D eigenvalue weighted by atomic mass is 19.1. The smallest absolute Gasteiger partial charge is 0.273 e. The maximum Gasteiger partial charge on any atom is 0.273 e. The van der Waals surface area contributed by atoms with Gasteiger partial charge in [-0.2, -0.15) is 0 Å². The Morgan fingerprint density at radius 3 is 2.75 bits per heavy atom. The standard InChI is InChI=1S/C20H26FN5O2/c1-2-22-19(27)15-7-10-18(14(12-15)6-4-3-5-11-21)26-13-17(24-25-26)20(28)23-16-8-9-16/h7,10,12-13,16H,2-6,8-9,11H2,1H3,(H,22,27)(H,23,28). The van der Waals surface area contributed by atoms with Gasteiger partial charge in [0.1, 0.15) is 0 Å². The molecule has 1 heterocycles. The molecule has 28 heavy (non-hydrogen) atoms. The van der Waals surface area contributed by atoms with E-state index in [2.05, 4.69) is 20.9 Å². The molecule has 7 nitrogen and oxygen atoms in total. The molecule has 150 valence electrons. The molecule has 0 spiro atoms. The Bertz CT molecular complexity index is 832. The van der Waals surface area contributed by atoms with Crippen molar-refractivity contribution in [1.82, 2.24) is 25.6 Å². The normalized spacial score (nSPS) is 13.4. The summed E-state index contributed by atoms with van der Waals surface area (Å²) in [6.07, 6.45) is 6.40. The number of carbonyl (C=O) groups excluding carboxylic acids is 2. The van der Waals surface area contributed by atoms with Crippen LogP contribution < -0.4 is 10.6 Å². The Kier molecular flexibility index (Phi) is 6.73. The van der Waals surface area contributed by atoms with Gasteiger partial charge < -0.3 is 10.6 Å². The molecule has 8 heteroatoms. The Balaban J connectivity index is 1.82. The summed E-state index contributed by atoms with van der Waals surface area (Å²) < 4.78 is 13.9. The molecule has 1 fully saturated rings. The molecule has 2 aromatic rings. The summed E-state index contributed by atoms with van der Waals surface area (Å²) in [5, 5.41) is 13.8. The largest absolute Gasteiger partial charge is 0.352 e. The van der Waals surface area contributed by atoms with E-state index in [0.29, 0.717) is 24.9 Å². The highest BCUT2D eigenvalue weighted by Crippen LogP contribution is 2.21. The number of unbranched alkanes of at least 4 members (excludes halogenated alkanes) is 2. The van der Waals surface area contributed by atoms with Gasteiger partial charge in [-0.15, -0.1) is 5.10 Å². The molecule has 0 saturated heterocycles. The van der Waals surface area contributed by atoms with Gasteiger partial charge >= 0.3 is 0 Å². The molecule has 1 aliphatic rings. The fourth-order valence-electron chi connectivity index (χ4n) is 2.97. The highest BCUT2D eigenvalue weighted by Gasteiger charge is 2.25. The third-order valence-electron chi connectivity index (χ3n) is 4.64. The summed E-state index contributed by atoms with van der Waals surface area (Å²) in [4.78, 5) is 24.3. The number of carbonyl (C=O) groups is 2. The van der Waals surface area contributed by atoms with E-state index in [9.17, 15) is 14.0 Å². The Morgan fingerprint density at radius 1 is 1.21 bits per heavy atom. The van der Waals surface area contributed by atoms with Gasteiger partial charge in [0.2, 0.25) is 0 Å². The van der Waals surface area contributed by atoms with E-state index in [1.165, 1.54) is 0 Å². The van der Waals surface area contributed by atoms with Crippen molar-refractivity contribution in [3.8, 4) is 5.69 Å². The molecule has 1 aromatic heterocycles. The fourth-order valence-corrected chi connectivity index (χ4v) is 2.97. The van der Waals surface area contributed by atoms with E-state index in [1.54, 1.807) is 16.9 Å². The van der Waals surface area contributed by atoms with E-state index in [0.717, 1.165) is 36.9 Å². The summed E-state index contributed by atoms with van der Waals surface area (Å²) >= 11 is 0. The third-order valence-corrected chi connectivity index (χ3v) is 4.64. The second kappa shape index (κ2) is 9.43. The number of alkyl halides is 1. The summed E-state index contributed by atoms with van der Waals surface area (Å²) in [5.41, 5.74) is 2.52. The molecule has 2 N–H and O–H groups in total. The zero-order valence-electron chi connectivity index (χ0n) is 16.1. The first-order valence-corrected chi connectivity index (χ1v) is 9.83. The van der Waals surface area contributed by atoms with Gasteiger partial charge in [-0.25, -0.2) is 4.68 Å². The van der Waals surface area contributed by atoms with Gasteiger partial charge in [0, 0.05) is 18.2 Å². The van der Waals surface area contributed by atoms with Crippen molar-refractivity contribution in [2.24, 2.45) is 0 Å². The van der Waals surface area contributed by atoms with Crippen LogP contribution in [0, 0.1) is 0 Å². The average Bonchev–Trinajstić information content (AvgIpc) is 3.37. The van der Waals surface area contributed by atoms with Crippen molar-refractivity contribution in [3.63, 3.8) is 0 Å². The summed E-state index contributed by atoms with van der Waals surface area (Å²) in [6.45, 7) is 2.09. The van der Waals surface area contributed by atoms with E-state index in [-0.39, 0.29) is 30.2 Å². The Hall–Kier alpha value is -2.77. The van der Waals surface area contributed by atoms with Crippen LogP contribution in [0.2, 0.25) is 0 Å². The van der Waals surface area contributed by atoms with E-state index >= 15 is 0 Å². The van der Waals surface area contributed by atoms with Crippen LogP contribution in [-0.4, -0.2) is 46.1 Å². The first kappa shape index (κ1) is 20.0. The lowest BCUT2D eigenvalue weighted by atomic mass is 10.0. The number of hydrogen-bond donors (Lipinski definition) is 2. The average molecular weight is 387 g/mol. The monoisotopic (exact) mass is 387 g/mol. The number of aromatic nitrogens is 3. The van der Waals surface area contributed by atoms with Gasteiger partial charge in [-0.05, 0) is 62.8 Å². The summed E-state index contributed by atoms with van der Waals surface area (Å²) in [6, 6.07) is 5.63. The molecular formula is C20H26FN5O2. The zero-order chi connectivity index (χ0) is 19.9. The number of nitrogens with one attached hydrogen (secondary N) is 2. The zero-order valence-corrected chi connectivity index (χ0v) is 16.1. The lowest BCUT2D eigenvalue weighted by molar-refractivity contribution is 0.0941. The first-order valence-electron chi connectivity index (χ1n) is 9.83. The van der Waals surface area contributed by atoms with Gasteiger partial charge in [0.25, 0.3) is 11.8 Å². The van der Waals surface area contributed by atoms with Crippen LogP contribution in [0.3, 0.4) is 0 Å². The fraction of sp³-hybridized carbons (Fsp3) is 0.500. The number of hydrogen-bond acceptors (Lipinski definition) is 4. The van der Waals surface area contributed by atoms with Crippen LogP contribution >= 0.6 is 0 Å². The molecule has 0 unspecified atom stereocenters. The minimum atomic E-state index is -0.325. The second-order valence-corrected chi connectivity index (χ2v) is 7.00. The summed E-state index contributed by atoms with van der Waals surface area (Å²) in [5.74, 6) is -0.362. The van der Waals surface area contributed by atoms with Crippen LogP contribution in [0.5, 0.6) is 0 Å². The Labute approximate surface area is 163 Å². The highest BCUT2D eigenvalue weighted by molar-refractivity contribution is 5.94. The van der Waals surface area contributed by atoms with Gasteiger partial charge in [-0.3, -0.25) is 14.0 Å². The predicted molar refractivity (Wildman–Crippen MR) is 103 cm³/mol. The number of rotatable bonds is 10. The minimum Gasteiger partial charge on any atom is -0.352 e. The number of nitrogens with zero attached hydrogens (tertiary/aromatic N) is 3. The number of aryl methyl sites for hydroxylation is 1. The molecule has 1 saturated carbocycles. The van der Waals surface area contributed by atoms with Crippen molar-refractivity contribution >= 4 is 11.8 Å². The summed E-state index contributed by atoms with van der Waals surface area (Å²) in [7, 11) is 0.